The van der Waals surface area contributed by atoms with Gasteiger partial charge in [-0.25, -0.2) is 0 Å². The van der Waals surface area contributed by atoms with Gasteiger partial charge < -0.3 is 14.4 Å². The van der Waals surface area contributed by atoms with Crippen molar-refractivity contribution < 1.29 is 4.79 Å². The number of pyridine rings is 1. The number of rotatable bonds is 5. The van der Waals surface area contributed by atoms with Crippen molar-refractivity contribution in [3.8, 4) is 0 Å². The number of amides is 1. The molecular formula is C23H31N3O2. The number of piperidine rings is 1. The topological polar surface area (TPSA) is 45.6 Å². The smallest absolute Gasteiger partial charge is 0.263 e. The molecule has 2 heterocycles. The van der Waals surface area contributed by atoms with Crippen LogP contribution in [0.2, 0.25) is 0 Å². The molecular weight excluding hydrogens is 350 g/mol. The molecule has 1 fully saturated rings. The number of carbonyl (C=O) groups is 1. The van der Waals surface area contributed by atoms with Gasteiger partial charge in [0.1, 0.15) is 5.56 Å². The number of carbonyl (C=O) groups excluding carboxylic acids is 1. The number of aryl methyl sites for hydroxylation is 2. The molecule has 0 saturated carbocycles. The highest BCUT2D eigenvalue weighted by Gasteiger charge is 2.29. The van der Waals surface area contributed by atoms with Crippen LogP contribution in [0.1, 0.15) is 40.0 Å². The summed E-state index contributed by atoms with van der Waals surface area (Å²) in [5.41, 5.74) is 3.10. The number of likely N-dealkylation sites (N-methyl/N-ethyl adjacent to an activating group) is 1. The SMILES string of the molecule is Cc1cc(C)n(C)c(=O)c1C(=O)N1CCCC(N(C)CCc2ccccc2)C1. The molecule has 0 aliphatic carbocycles. The normalized spacial score (nSPS) is 17.2. The van der Waals surface area contributed by atoms with Crippen LogP contribution in [0.3, 0.4) is 0 Å². The third-order valence-electron chi connectivity index (χ3n) is 5.98. The van der Waals surface area contributed by atoms with Crippen molar-refractivity contribution >= 4 is 5.91 Å². The first kappa shape index (κ1) is 20.3. The molecule has 5 nitrogen and oxygen atoms in total. The van der Waals surface area contributed by atoms with E-state index in [1.165, 1.54) is 5.56 Å². The minimum atomic E-state index is -0.193. The predicted molar refractivity (Wildman–Crippen MR) is 113 cm³/mol. The van der Waals surface area contributed by atoms with Crippen LogP contribution in [0, 0.1) is 13.8 Å². The summed E-state index contributed by atoms with van der Waals surface area (Å²) in [6.45, 7) is 6.11. The Bertz CT molecular complexity index is 889. The Hall–Kier alpha value is -2.40. The van der Waals surface area contributed by atoms with E-state index in [9.17, 15) is 9.59 Å². The van der Waals surface area contributed by atoms with E-state index in [-0.39, 0.29) is 11.5 Å². The summed E-state index contributed by atoms with van der Waals surface area (Å²) >= 11 is 0. The van der Waals surface area contributed by atoms with Crippen molar-refractivity contribution in [1.82, 2.24) is 14.4 Å². The minimum absolute atomic E-state index is 0.126. The van der Waals surface area contributed by atoms with Gasteiger partial charge in [0.25, 0.3) is 11.5 Å². The molecule has 2 aromatic rings. The Balaban J connectivity index is 1.68. The highest BCUT2D eigenvalue weighted by Crippen LogP contribution is 2.18. The standard InChI is InChI=1S/C23H31N3O2/c1-17-15-18(2)25(4)22(27)21(17)23(28)26-13-8-11-20(16-26)24(3)14-12-19-9-6-5-7-10-19/h5-7,9-10,15,20H,8,11-14,16H2,1-4H3. The number of likely N-dealkylation sites (tertiary alicyclic amines) is 1. The quantitative estimate of drug-likeness (QED) is 0.800. The average Bonchev–Trinajstić information content (AvgIpc) is 2.71. The van der Waals surface area contributed by atoms with E-state index in [1.807, 2.05) is 30.9 Å². The van der Waals surface area contributed by atoms with Gasteiger partial charge in [-0.3, -0.25) is 9.59 Å². The molecule has 150 valence electrons. The zero-order valence-electron chi connectivity index (χ0n) is 17.4. The highest BCUT2D eigenvalue weighted by atomic mass is 16.2. The molecule has 1 aromatic heterocycles. The fourth-order valence-electron chi connectivity index (χ4n) is 4.03. The Morgan fingerprint density at radius 3 is 2.64 bits per heavy atom. The monoisotopic (exact) mass is 381 g/mol. The van der Waals surface area contributed by atoms with E-state index in [4.69, 9.17) is 0 Å². The molecule has 0 radical (unpaired) electrons. The molecule has 1 amide bonds. The van der Waals surface area contributed by atoms with Gasteiger partial charge in [-0.1, -0.05) is 30.3 Å². The summed E-state index contributed by atoms with van der Waals surface area (Å²) in [5, 5.41) is 0. The second-order valence-corrected chi connectivity index (χ2v) is 7.97. The molecule has 28 heavy (non-hydrogen) atoms. The molecule has 5 heteroatoms. The van der Waals surface area contributed by atoms with E-state index in [0.717, 1.165) is 43.6 Å². The molecule has 0 N–H and O–H groups in total. The molecule has 1 saturated heterocycles. The zero-order valence-corrected chi connectivity index (χ0v) is 17.4. The van der Waals surface area contributed by atoms with Gasteiger partial charge in [-0.2, -0.15) is 0 Å². The molecule has 1 aliphatic rings. The first-order valence-electron chi connectivity index (χ1n) is 10.1. The minimum Gasteiger partial charge on any atom is -0.337 e. The second-order valence-electron chi connectivity index (χ2n) is 7.97. The van der Waals surface area contributed by atoms with Crippen molar-refractivity contribution in [2.45, 2.75) is 39.2 Å². The first-order valence-corrected chi connectivity index (χ1v) is 10.1. The van der Waals surface area contributed by atoms with Crippen LogP contribution < -0.4 is 5.56 Å². The van der Waals surface area contributed by atoms with Gasteiger partial charge in [0.2, 0.25) is 0 Å². The molecule has 0 spiro atoms. The Morgan fingerprint density at radius 1 is 1.21 bits per heavy atom. The number of hydrogen-bond donors (Lipinski definition) is 0. The van der Waals surface area contributed by atoms with Crippen molar-refractivity contribution in [3.05, 3.63) is 69.1 Å². The maximum absolute atomic E-state index is 13.1. The van der Waals surface area contributed by atoms with E-state index in [1.54, 1.807) is 11.6 Å². The van der Waals surface area contributed by atoms with E-state index >= 15 is 0 Å². The summed E-state index contributed by atoms with van der Waals surface area (Å²) in [4.78, 5) is 30.0. The van der Waals surface area contributed by atoms with Crippen LogP contribution in [-0.2, 0) is 13.5 Å². The third kappa shape index (κ3) is 4.36. The third-order valence-corrected chi connectivity index (χ3v) is 5.98. The molecule has 0 bridgehead atoms. The summed E-state index contributed by atoms with van der Waals surface area (Å²) < 4.78 is 1.56. The largest absolute Gasteiger partial charge is 0.337 e. The maximum Gasteiger partial charge on any atom is 0.263 e. The van der Waals surface area contributed by atoms with Crippen LogP contribution in [-0.4, -0.2) is 53.0 Å². The van der Waals surface area contributed by atoms with Gasteiger partial charge in [-0.15, -0.1) is 0 Å². The summed E-state index contributed by atoms with van der Waals surface area (Å²) in [7, 11) is 3.86. The van der Waals surface area contributed by atoms with Crippen LogP contribution in [0.5, 0.6) is 0 Å². The number of aromatic nitrogens is 1. The summed E-state index contributed by atoms with van der Waals surface area (Å²) in [5.74, 6) is -0.126. The van der Waals surface area contributed by atoms with Crippen molar-refractivity contribution in [3.63, 3.8) is 0 Å². The fraction of sp³-hybridized carbons (Fsp3) is 0.478. The summed E-state index contributed by atoms with van der Waals surface area (Å²) in [6.07, 6.45) is 3.05. The van der Waals surface area contributed by atoms with E-state index in [0.29, 0.717) is 18.2 Å². The molecule has 3 rings (SSSR count). The van der Waals surface area contributed by atoms with Crippen molar-refractivity contribution in [2.24, 2.45) is 7.05 Å². The molecule has 1 aromatic carbocycles. The van der Waals surface area contributed by atoms with E-state index < -0.39 is 0 Å². The Kier molecular flexibility index (Phi) is 6.35. The van der Waals surface area contributed by atoms with Crippen LogP contribution in [0.25, 0.3) is 0 Å². The Labute approximate surface area is 167 Å². The first-order chi connectivity index (χ1) is 13.4. The number of hydrogen-bond acceptors (Lipinski definition) is 3. The predicted octanol–water partition coefficient (Wildman–Crippen LogP) is 2.78. The number of benzene rings is 1. The van der Waals surface area contributed by atoms with Crippen molar-refractivity contribution in [1.29, 1.82) is 0 Å². The molecule has 1 aliphatic heterocycles. The molecule has 1 atom stereocenters. The maximum atomic E-state index is 13.1. The van der Waals surface area contributed by atoms with Crippen molar-refractivity contribution in [2.75, 3.05) is 26.7 Å². The van der Waals surface area contributed by atoms with Crippen LogP contribution >= 0.6 is 0 Å². The van der Waals surface area contributed by atoms with E-state index in [2.05, 4.69) is 36.2 Å². The second kappa shape index (κ2) is 8.74. The lowest BCUT2D eigenvalue weighted by Gasteiger charge is -2.38. The lowest BCUT2D eigenvalue weighted by atomic mass is 10.0. The van der Waals surface area contributed by atoms with Gasteiger partial charge in [-0.05, 0) is 57.4 Å². The van der Waals surface area contributed by atoms with Crippen LogP contribution in [0.15, 0.2) is 41.2 Å². The lowest BCUT2D eigenvalue weighted by molar-refractivity contribution is 0.0608. The van der Waals surface area contributed by atoms with Gasteiger partial charge in [0, 0.05) is 38.4 Å². The highest BCUT2D eigenvalue weighted by molar-refractivity contribution is 5.95. The number of nitrogens with zero attached hydrogens (tertiary/aromatic N) is 3. The fourth-order valence-corrected chi connectivity index (χ4v) is 4.03. The Morgan fingerprint density at radius 2 is 1.93 bits per heavy atom. The lowest BCUT2D eigenvalue weighted by Crippen LogP contribution is -2.50. The summed E-state index contributed by atoms with van der Waals surface area (Å²) in [6, 6.07) is 12.7. The zero-order chi connectivity index (χ0) is 20.3. The van der Waals surface area contributed by atoms with Gasteiger partial charge in [0.05, 0.1) is 0 Å². The average molecular weight is 382 g/mol. The van der Waals surface area contributed by atoms with Gasteiger partial charge in [0.15, 0.2) is 0 Å². The van der Waals surface area contributed by atoms with Gasteiger partial charge >= 0.3 is 0 Å². The van der Waals surface area contributed by atoms with Crippen LogP contribution in [0.4, 0.5) is 0 Å². The molecule has 1 unspecified atom stereocenters.